The summed E-state index contributed by atoms with van der Waals surface area (Å²) in [7, 11) is 2.63. The second-order valence-corrected chi connectivity index (χ2v) is 7.84. The fourth-order valence-electron chi connectivity index (χ4n) is 2.30. The first-order valence-corrected chi connectivity index (χ1v) is 8.87. The molecule has 0 aliphatic heterocycles. The van der Waals surface area contributed by atoms with Gasteiger partial charge in [-0.3, -0.25) is 0 Å². The van der Waals surface area contributed by atoms with Crippen molar-refractivity contribution in [1.82, 2.24) is 5.32 Å². The molecule has 0 heterocycles. The SMILES string of the molecule is CCCCNCCC(CCC)[Si](OC)(OC)OC. The van der Waals surface area contributed by atoms with E-state index in [-0.39, 0.29) is 0 Å². The highest BCUT2D eigenvalue weighted by atomic mass is 28.4. The van der Waals surface area contributed by atoms with Crippen molar-refractivity contribution in [2.45, 2.75) is 51.5 Å². The molecule has 0 amide bonds. The van der Waals surface area contributed by atoms with Gasteiger partial charge in [0.2, 0.25) is 0 Å². The van der Waals surface area contributed by atoms with Crippen molar-refractivity contribution in [1.29, 1.82) is 0 Å². The topological polar surface area (TPSA) is 39.7 Å². The molecule has 110 valence electrons. The zero-order valence-electron chi connectivity index (χ0n) is 12.8. The van der Waals surface area contributed by atoms with Crippen molar-refractivity contribution >= 4 is 8.80 Å². The van der Waals surface area contributed by atoms with Gasteiger partial charge in [0.15, 0.2) is 0 Å². The Morgan fingerprint density at radius 3 is 1.94 bits per heavy atom. The van der Waals surface area contributed by atoms with E-state index in [4.69, 9.17) is 13.3 Å². The fraction of sp³-hybridized carbons (Fsp3) is 1.00. The molecule has 4 nitrogen and oxygen atoms in total. The second kappa shape index (κ2) is 10.9. The smallest absolute Gasteiger partial charge is 0.377 e. The number of unbranched alkanes of at least 4 members (excludes halogenated alkanes) is 1. The molecule has 0 fully saturated rings. The van der Waals surface area contributed by atoms with Gasteiger partial charge in [0.05, 0.1) is 0 Å². The van der Waals surface area contributed by atoms with Crippen LogP contribution in [-0.4, -0.2) is 43.2 Å². The summed E-state index contributed by atoms with van der Waals surface area (Å²) in [6, 6.07) is 0. The Morgan fingerprint density at radius 1 is 0.889 bits per heavy atom. The van der Waals surface area contributed by atoms with E-state index >= 15 is 0 Å². The van der Waals surface area contributed by atoms with E-state index < -0.39 is 8.80 Å². The van der Waals surface area contributed by atoms with Gasteiger partial charge in [-0.15, -0.1) is 0 Å². The Kier molecular flexibility index (Phi) is 11.0. The second-order valence-electron chi connectivity index (χ2n) is 4.59. The third kappa shape index (κ3) is 5.80. The van der Waals surface area contributed by atoms with E-state index in [1.165, 1.54) is 12.8 Å². The van der Waals surface area contributed by atoms with E-state index in [9.17, 15) is 0 Å². The molecule has 0 saturated heterocycles. The molecule has 1 unspecified atom stereocenters. The van der Waals surface area contributed by atoms with E-state index in [2.05, 4.69) is 19.2 Å². The van der Waals surface area contributed by atoms with Crippen LogP contribution < -0.4 is 5.32 Å². The predicted molar refractivity (Wildman–Crippen MR) is 77.8 cm³/mol. The maximum absolute atomic E-state index is 5.60. The van der Waals surface area contributed by atoms with Gasteiger partial charge in [0.1, 0.15) is 0 Å². The molecule has 0 spiro atoms. The molecule has 0 aromatic carbocycles. The number of hydrogen-bond donors (Lipinski definition) is 1. The van der Waals surface area contributed by atoms with Crippen molar-refractivity contribution in [2.75, 3.05) is 34.4 Å². The summed E-state index contributed by atoms with van der Waals surface area (Å²) < 4.78 is 16.8. The van der Waals surface area contributed by atoms with Crippen LogP contribution in [0.25, 0.3) is 0 Å². The first kappa shape index (κ1) is 18.1. The summed E-state index contributed by atoms with van der Waals surface area (Å²) >= 11 is 0. The Labute approximate surface area is 114 Å². The molecule has 18 heavy (non-hydrogen) atoms. The van der Waals surface area contributed by atoms with Crippen molar-refractivity contribution in [3.8, 4) is 0 Å². The standard InChI is InChI=1S/C13H31NO3Si/c1-6-8-11-14-12-10-13(9-7-2)18(15-3,16-4)17-5/h13-14H,6-12H2,1-5H3. The number of rotatable bonds is 12. The van der Waals surface area contributed by atoms with Crippen molar-refractivity contribution in [3.05, 3.63) is 0 Å². The summed E-state index contributed by atoms with van der Waals surface area (Å²) in [5.74, 6) is 0. The third-order valence-corrected chi connectivity index (χ3v) is 6.65. The van der Waals surface area contributed by atoms with E-state index in [0.29, 0.717) is 5.54 Å². The molecular weight excluding hydrogens is 246 g/mol. The summed E-state index contributed by atoms with van der Waals surface area (Å²) in [5.41, 5.74) is 0.386. The van der Waals surface area contributed by atoms with E-state index in [1.54, 1.807) is 21.3 Å². The van der Waals surface area contributed by atoms with Crippen LogP contribution in [0.1, 0.15) is 46.0 Å². The highest BCUT2D eigenvalue weighted by Crippen LogP contribution is 2.31. The molecule has 5 heteroatoms. The van der Waals surface area contributed by atoms with Crippen LogP contribution in [0.5, 0.6) is 0 Å². The maximum atomic E-state index is 5.60. The monoisotopic (exact) mass is 277 g/mol. The molecule has 0 radical (unpaired) electrons. The van der Waals surface area contributed by atoms with Crippen molar-refractivity contribution < 1.29 is 13.3 Å². The van der Waals surface area contributed by atoms with Crippen LogP contribution in [-0.2, 0) is 13.3 Å². The van der Waals surface area contributed by atoms with Crippen LogP contribution in [0.2, 0.25) is 5.54 Å². The molecule has 0 aliphatic rings. The summed E-state index contributed by atoms with van der Waals surface area (Å²) in [4.78, 5) is 0. The molecule has 0 rings (SSSR count). The Balaban J connectivity index is 4.26. The quantitative estimate of drug-likeness (QED) is 0.440. The van der Waals surface area contributed by atoms with Gasteiger partial charge in [-0.2, -0.15) is 0 Å². The Morgan fingerprint density at radius 2 is 1.50 bits per heavy atom. The highest BCUT2D eigenvalue weighted by molar-refractivity contribution is 6.62. The lowest BCUT2D eigenvalue weighted by atomic mass is 10.2. The van der Waals surface area contributed by atoms with Crippen LogP contribution in [0.15, 0.2) is 0 Å². The largest absolute Gasteiger partial charge is 0.503 e. The van der Waals surface area contributed by atoms with Crippen molar-refractivity contribution in [2.24, 2.45) is 0 Å². The molecule has 0 aromatic heterocycles. The van der Waals surface area contributed by atoms with Gasteiger partial charge in [-0.1, -0.05) is 26.7 Å². The minimum absolute atomic E-state index is 0.386. The zero-order chi connectivity index (χ0) is 13.9. The van der Waals surface area contributed by atoms with Crippen LogP contribution in [0.3, 0.4) is 0 Å². The predicted octanol–water partition coefficient (Wildman–Crippen LogP) is 2.81. The average Bonchev–Trinajstić information content (AvgIpc) is 2.41. The van der Waals surface area contributed by atoms with Gasteiger partial charge in [0, 0.05) is 26.9 Å². The fourth-order valence-corrected chi connectivity index (χ4v) is 4.94. The molecule has 0 saturated carbocycles. The molecule has 0 aromatic rings. The summed E-state index contributed by atoms with van der Waals surface area (Å²) in [6.07, 6.45) is 5.75. The average molecular weight is 277 g/mol. The number of nitrogens with one attached hydrogen (secondary N) is 1. The van der Waals surface area contributed by atoms with Gasteiger partial charge in [-0.05, 0) is 32.4 Å². The number of hydrogen-bond acceptors (Lipinski definition) is 4. The zero-order valence-corrected chi connectivity index (χ0v) is 13.8. The van der Waals surface area contributed by atoms with Gasteiger partial charge in [-0.25, -0.2) is 0 Å². The Bertz CT molecular complexity index is 181. The Hall–Kier alpha value is 0.0569. The van der Waals surface area contributed by atoms with Crippen LogP contribution >= 0.6 is 0 Å². The molecule has 1 atom stereocenters. The van der Waals surface area contributed by atoms with Gasteiger partial charge in [0.25, 0.3) is 0 Å². The van der Waals surface area contributed by atoms with Gasteiger partial charge < -0.3 is 18.6 Å². The summed E-state index contributed by atoms with van der Waals surface area (Å²) in [5, 5.41) is 3.48. The van der Waals surface area contributed by atoms with E-state index in [1.807, 2.05) is 0 Å². The highest BCUT2D eigenvalue weighted by Gasteiger charge is 2.46. The van der Waals surface area contributed by atoms with Gasteiger partial charge >= 0.3 is 8.80 Å². The molecule has 1 N–H and O–H groups in total. The molecule has 0 bridgehead atoms. The first-order chi connectivity index (χ1) is 8.70. The lowest BCUT2D eigenvalue weighted by Gasteiger charge is -2.32. The van der Waals surface area contributed by atoms with Crippen LogP contribution in [0, 0.1) is 0 Å². The molecular formula is C13H31NO3Si. The minimum Gasteiger partial charge on any atom is -0.377 e. The first-order valence-electron chi connectivity index (χ1n) is 7.06. The normalized spacial score (nSPS) is 13.8. The summed E-state index contributed by atoms with van der Waals surface area (Å²) in [6.45, 7) is 6.50. The van der Waals surface area contributed by atoms with Crippen LogP contribution in [0.4, 0.5) is 0 Å². The minimum atomic E-state index is -2.48. The van der Waals surface area contributed by atoms with E-state index in [0.717, 1.165) is 32.4 Å². The maximum Gasteiger partial charge on any atom is 0.503 e. The molecule has 0 aliphatic carbocycles. The lowest BCUT2D eigenvalue weighted by molar-refractivity contribution is 0.108. The third-order valence-electron chi connectivity index (χ3n) is 3.37. The van der Waals surface area contributed by atoms with Crippen molar-refractivity contribution in [3.63, 3.8) is 0 Å². The lowest BCUT2D eigenvalue weighted by Crippen LogP contribution is -2.48.